The van der Waals surface area contributed by atoms with Crippen LogP contribution in [0.15, 0.2) is 18.2 Å². The van der Waals surface area contributed by atoms with E-state index in [4.69, 9.17) is 5.11 Å². The Morgan fingerprint density at radius 3 is 2.86 bits per heavy atom. The predicted molar refractivity (Wildman–Crippen MR) is 80.2 cm³/mol. The third kappa shape index (κ3) is 3.97. The average molecular weight is 290 g/mol. The molecule has 1 aliphatic rings. The molecule has 2 amide bonds. The van der Waals surface area contributed by atoms with Crippen molar-refractivity contribution in [2.45, 2.75) is 39.2 Å². The van der Waals surface area contributed by atoms with Crippen LogP contribution in [0.4, 0.5) is 4.79 Å². The summed E-state index contributed by atoms with van der Waals surface area (Å²) in [5.41, 5.74) is 3.68. The van der Waals surface area contributed by atoms with Gasteiger partial charge in [0.15, 0.2) is 0 Å². The molecule has 0 radical (unpaired) electrons. The first-order chi connectivity index (χ1) is 9.97. The predicted octanol–water partition coefficient (Wildman–Crippen LogP) is 2.39. The van der Waals surface area contributed by atoms with Crippen molar-refractivity contribution in [3.63, 3.8) is 0 Å². The summed E-state index contributed by atoms with van der Waals surface area (Å²) in [5, 5.41) is 14.3. The van der Waals surface area contributed by atoms with Crippen LogP contribution < -0.4 is 10.6 Å². The fourth-order valence-corrected chi connectivity index (χ4v) is 2.81. The van der Waals surface area contributed by atoms with Gasteiger partial charge >= 0.3 is 12.0 Å². The van der Waals surface area contributed by atoms with Crippen molar-refractivity contribution in [3.8, 4) is 0 Å². The van der Waals surface area contributed by atoms with Crippen molar-refractivity contribution in [2.75, 3.05) is 6.54 Å². The number of fused-ring (bicyclic) bond motifs is 1. The molecule has 5 heteroatoms. The highest BCUT2D eigenvalue weighted by atomic mass is 16.4. The van der Waals surface area contributed by atoms with Crippen LogP contribution in [0.5, 0.6) is 0 Å². The highest BCUT2D eigenvalue weighted by Crippen LogP contribution is 2.36. The van der Waals surface area contributed by atoms with E-state index in [1.54, 1.807) is 0 Å². The zero-order chi connectivity index (χ0) is 15.4. The molecule has 0 aromatic heterocycles. The molecule has 21 heavy (non-hydrogen) atoms. The van der Waals surface area contributed by atoms with Gasteiger partial charge in [-0.3, -0.25) is 4.79 Å². The largest absolute Gasteiger partial charge is 0.481 e. The maximum Gasteiger partial charge on any atom is 0.315 e. The molecule has 2 rings (SSSR count). The summed E-state index contributed by atoms with van der Waals surface area (Å²) in [6.07, 6.45) is 1.49. The Labute approximate surface area is 124 Å². The minimum atomic E-state index is -0.842. The molecule has 3 N–H and O–H groups in total. The van der Waals surface area contributed by atoms with Crippen molar-refractivity contribution in [1.29, 1.82) is 0 Å². The molecule has 0 aliphatic heterocycles. The van der Waals surface area contributed by atoms with Crippen LogP contribution in [0.1, 0.15) is 42.5 Å². The molecule has 0 bridgehead atoms. The zero-order valence-electron chi connectivity index (χ0n) is 12.5. The summed E-state index contributed by atoms with van der Waals surface area (Å²) in [4.78, 5) is 22.3. The van der Waals surface area contributed by atoms with Crippen molar-refractivity contribution >= 4 is 12.0 Å². The lowest BCUT2D eigenvalue weighted by atomic mass is 10.0. The number of hydrogen-bond acceptors (Lipinski definition) is 2. The summed E-state index contributed by atoms with van der Waals surface area (Å²) in [5.74, 6) is -0.474. The number of carboxylic acid groups (broad SMARTS) is 1. The monoisotopic (exact) mass is 290 g/mol. The molecule has 1 aliphatic carbocycles. The third-order valence-electron chi connectivity index (χ3n) is 3.89. The van der Waals surface area contributed by atoms with Crippen LogP contribution >= 0.6 is 0 Å². The molecule has 5 nitrogen and oxygen atoms in total. The standard InChI is InChI=1S/C16H22N2O3/c1-10-5-6-12-9-11(2)15(13(12)8-10)18-16(21)17-7-3-4-14(19)20/h5-6,8,11,15H,3-4,7,9H2,1-2H3,(H,19,20)(H2,17,18,21). The minimum absolute atomic E-state index is 0.0272. The molecule has 114 valence electrons. The van der Waals surface area contributed by atoms with Gasteiger partial charge in [-0.1, -0.05) is 30.7 Å². The van der Waals surface area contributed by atoms with Crippen LogP contribution in [-0.2, 0) is 11.2 Å². The van der Waals surface area contributed by atoms with Crippen molar-refractivity contribution in [3.05, 3.63) is 34.9 Å². The van der Waals surface area contributed by atoms with Crippen LogP contribution in [0, 0.1) is 12.8 Å². The third-order valence-corrected chi connectivity index (χ3v) is 3.89. The highest BCUT2D eigenvalue weighted by molar-refractivity contribution is 5.75. The van der Waals surface area contributed by atoms with Gasteiger partial charge in [-0.2, -0.15) is 0 Å². The van der Waals surface area contributed by atoms with Gasteiger partial charge in [0.2, 0.25) is 0 Å². The van der Waals surface area contributed by atoms with Crippen molar-refractivity contribution < 1.29 is 14.7 Å². The molecular formula is C16H22N2O3. The second-order valence-corrected chi connectivity index (χ2v) is 5.76. The fourth-order valence-electron chi connectivity index (χ4n) is 2.81. The number of aryl methyl sites for hydroxylation is 1. The van der Waals surface area contributed by atoms with Crippen LogP contribution in [0.25, 0.3) is 0 Å². The molecule has 2 unspecified atom stereocenters. The molecule has 0 saturated carbocycles. The molecule has 1 aromatic rings. The molecule has 2 atom stereocenters. The Hall–Kier alpha value is -2.04. The minimum Gasteiger partial charge on any atom is -0.481 e. The lowest BCUT2D eigenvalue weighted by Gasteiger charge is -2.19. The number of carbonyl (C=O) groups is 2. The zero-order valence-corrected chi connectivity index (χ0v) is 12.5. The normalized spacial score (nSPS) is 19.9. The summed E-state index contributed by atoms with van der Waals surface area (Å²) in [6, 6.07) is 6.16. The number of hydrogen-bond donors (Lipinski definition) is 3. The van der Waals surface area contributed by atoms with Crippen molar-refractivity contribution in [1.82, 2.24) is 10.6 Å². The van der Waals surface area contributed by atoms with Gasteiger partial charge in [0, 0.05) is 13.0 Å². The van der Waals surface area contributed by atoms with Gasteiger partial charge in [-0.25, -0.2) is 4.79 Å². The highest BCUT2D eigenvalue weighted by Gasteiger charge is 2.30. The van der Waals surface area contributed by atoms with E-state index in [1.807, 2.05) is 6.92 Å². The first kappa shape index (κ1) is 15.4. The van der Waals surface area contributed by atoms with Gasteiger partial charge in [-0.05, 0) is 36.8 Å². The van der Waals surface area contributed by atoms with E-state index in [-0.39, 0.29) is 18.5 Å². The number of urea groups is 1. The van der Waals surface area contributed by atoms with Crippen molar-refractivity contribution in [2.24, 2.45) is 5.92 Å². The van der Waals surface area contributed by atoms with E-state index in [2.05, 4.69) is 35.8 Å². The maximum atomic E-state index is 11.9. The Kier molecular flexibility index (Phi) is 4.83. The van der Waals surface area contributed by atoms with Gasteiger partial charge in [0.1, 0.15) is 0 Å². The number of amides is 2. The van der Waals surface area contributed by atoms with Crippen LogP contribution in [0.3, 0.4) is 0 Å². The number of carbonyl (C=O) groups excluding carboxylic acids is 1. The number of benzene rings is 1. The first-order valence-electron chi connectivity index (χ1n) is 7.33. The molecule has 0 spiro atoms. The number of carboxylic acids is 1. The lowest BCUT2D eigenvalue weighted by Crippen LogP contribution is -2.39. The second kappa shape index (κ2) is 6.61. The van der Waals surface area contributed by atoms with Gasteiger partial charge in [-0.15, -0.1) is 0 Å². The second-order valence-electron chi connectivity index (χ2n) is 5.76. The Morgan fingerprint density at radius 2 is 2.14 bits per heavy atom. The lowest BCUT2D eigenvalue weighted by molar-refractivity contribution is -0.137. The molecular weight excluding hydrogens is 268 g/mol. The SMILES string of the molecule is Cc1ccc2c(c1)C(NC(=O)NCCCC(=O)O)C(C)C2. The summed E-state index contributed by atoms with van der Waals surface area (Å²) in [7, 11) is 0. The van der Waals surface area contributed by atoms with E-state index in [9.17, 15) is 9.59 Å². The number of nitrogens with one attached hydrogen (secondary N) is 2. The van der Waals surface area contributed by atoms with E-state index < -0.39 is 5.97 Å². The topological polar surface area (TPSA) is 78.4 Å². The Morgan fingerprint density at radius 1 is 1.38 bits per heavy atom. The molecule has 1 aromatic carbocycles. The summed E-state index contributed by atoms with van der Waals surface area (Å²) >= 11 is 0. The van der Waals surface area contributed by atoms with E-state index in [1.165, 1.54) is 16.7 Å². The number of aliphatic carboxylic acids is 1. The van der Waals surface area contributed by atoms with E-state index in [0.29, 0.717) is 18.9 Å². The maximum absolute atomic E-state index is 11.9. The smallest absolute Gasteiger partial charge is 0.315 e. The fraction of sp³-hybridized carbons (Fsp3) is 0.500. The van der Waals surface area contributed by atoms with E-state index in [0.717, 1.165) is 6.42 Å². The summed E-state index contributed by atoms with van der Waals surface area (Å²) in [6.45, 7) is 4.55. The van der Waals surface area contributed by atoms with Crippen LogP contribution in [0.2, 0.25) is 0 Å². The molecule has 0 fully saturated rings. The molecule has 0 saturated heterocycles. The Balaban J connectivity index is 1.89. The summed E-state index contributed by atoms with van der Waals surface area (Å²) < 4.78 is 0. The van der Waals surface area contributed by atoms with Crippen LogP contribution in [-0.4, -0.2) is 23.7 Å². The quantitative estimate of drug-likeness (QED) is 0.729. The van der Waals surface area contributed by atoms with Gasteiger partial charge in [0.25, 0.3) is 0 Å². The van der Waals surface area contributed by atoms with E-state index >= 15 is 0 Å². The van der Waals surface area contributed by atoms with Gasteiger partial charge < -0.3 is 15.7 Å². The Bertz CT molecular complexity index is 542. The van der Waals surface area contributed by atoms with Gasteiger partial charge in [0.05, 0.1) is 6.04 Å². The molecule has 0 heterocycles. The number of rotatable bonds is 5. The first-order valence-corrected chi connectivity index (χ1v) is 7.33. The average Bonchev–Trinajstić information content (AvgIpc) is 2.71.